The van der Waals surface area contributed by atoms with Crippen LogP contribution in [0.5, 0.6) is 0 Å². The molecule has 1 fully saturated rings. The van der Waals surface area contributed by atoms with Crippen molar-refractivity contribution in [2.75, 3.05) is 6.61 Å². The summed E-state index contributed by atoms with van der Waals surface area (Å²) in [7, 11) is 0. The van der Waals surface area contributed by atoms with Crippen LogP contribution in [-0.4, -0.2) is 26.7 Å². The average molecular weight is 225 g/mol. The fraction of sp³-hybridized carbons (Fsp3) is 0.818. The van der Waals surface area contributed by atoms with E-state index in [4.69, 9.17) is 4.74 Å². The quantitative estimate of drug-likeness (QED) is 0.838. The highest BCUT2D eigenvalue weighted by Crippen LogP contribution is 2.30. The summed E-state index contributed by atoms with van der Waals surface area (Å²) in [6.07, 6.45) is 2.14. The molecular formula is C11H19N3O2. The molecule has 1 saturated heterocycles. The number of ether oxygens (including phenoxy) is 1. The molecule has 1 aromatic heterocycles. The van der Waals surface area contributed by atoms with E-state index in [9.17, 15) is 5.11 Å². The first-order chi connectivity index (χ1) is 7.72. The first-order valence-electron chi connectivity index (χ1n) is 5.87. The van der Waals surface area contributed by atoms with Crippen LogP contribution in [0.4, 0.5) is 0 Å². The largest absolute Gasteiger partial charge is 0.390 e. The number of hydrogen-bond donors (Lipinski definition) is 1. The monoisotopic (exact) mass is 225 g/mol. The van der Waals surface area contributed by atoms with Gasteiger partial charge in [0, 0.05) is 13.2 Å². The Morgan fingerprint density at radius 1 is 1.56 bits per heavy atom. The van der Waals surface area contributed by atoms with Crippen LogP contribution >= 0.6 is 0 Å². The minimum atomic E-state index is -0.0622. The van der Waals surface area contributed by atoms with E-state index < -0.39 is 0 Å². The fourth-order valence-electron chi connectivity index (χ4n) is 2.10. The summed E-state index contributed by atoms with van der Waals surface area (Å²) in [4.78, 5) is 0. The SMILES string of the molecule is CC(C)Cn1nnc(CO)c1C1CCCO1. The second-order valence-corrected chi connectivity index (χ2v) is 4.66. The molecular weight excluding hydrogens is 206 g/mol. The van der Waals surface area contributed by atoms with Crippen LogP contribution in [0, 0.1) is 5.92 Å². The van der Waals surface area contributed by atoms with Crippen molar-refractivity contribution in [3.8, 4) is 0 Å². The molecule has 1 aromatic rings. The van der Waals surface area contributed by atoms with Crippen LogP contribution < -0.4 is 0 Å². The molecule has 1 N–H and O–H groups in total. The lowest BCUT2D eigenvalue weighted by atomic mass is 10.1. The molecule has 1 aliphatic heterocycles. The van der Waals surface area contributed by atoms with E-state index in [1.165, 1.54) is 0 Å². The predicted octanol–water partition coefficient (Wildman–Crippen LogP) is 1.28. The summed E-state index contributed by atoms with van der Waals surface area (Å²) in [5.41, 5.74) is 1.63. The lowest BCUT2D eigenvalue weighted by Gasteiger charge is -2.14. The van der Waals surface area contributed by atoms with E-state index in [1.54, 1.807) is 0 Å². The van der Waals surface area contributed by atoms with Crippen LogP contribution in [0.1, 0.15) is 44.2 Å². The third-order valence-corrected chi connectivity index (χ3v) is 2.77. The molecule has 1 atom stereocenters. The van der Waals surface area contributed by atoms with Crippen molar-refractivity contribution in [3.05, 3.63) is 11.4 Å². The molecule has 0 saturated carbocycles. The summed E-state index contributed by atoms with van der Waals surface area (Å²) in [5, 5.41) is 17.4. The van der Waals surface area contributed by atoms with E-state index in [0.717, 1.165) is 31.7 Å². The highest BCUT2D eigenvalue weighted by molar-refractivity contribution is 5.13. The van der Waals surface area contributed by atoms with Gasteiger partial charge in [0.05, 0.1) is 12.3 Å². The topological polar surface area (TPSA) is 60.2 Å². The molecule has 1 aliphatic rings. The maximum absolute atomic E-state index is 9.25. The molecule has 0 aliphatic carbocycles. The highest BCUT2D eigenvalue weighted by Gasteiger charge is 2.26. The number of nitrogens with zero attached hydrogens (tertiary/aromatic N) is 3. The van der Waals surface area contributed by atoms with Crippen molar-refractivity contribution in [2.45, 2.75) is 45.9 Å². The van der Waals surface area contributed by atoms with Crippen molar-refractivity contribution in [3.63, 3.8) is 0 Å². The van der Waals surface area contributed by atoms with E-state index in [0.29, 0.717) is 11.6 Å². The highest BCUT2D eigenvalue weighted by atomic mass is 16.5. The standard InChI is InChI=1S/C11H19N3O2/c1-8(2)6-14-11(9(7-15)12-13-14)10-4-3-5-16-10/h8,10,15H,3-7H2,1-2H3. The minimum Gasteiger partial charge on any atom is -0.390 e. The van der Waals surface area contributed by atoms with E-state index >= 15 is 0 Å². The van der Waals surface area contributed by atoms with Gasteiger partial charge >= 0.3 is 0 Å². The zero-order valence-electron chi connectivity index (χ0n) is 9.89. The van der Waals surface area contributed by atoms with Crippen molar-refractivity contribution < 1.29 is 9.84 Å². The third kappa shape index (κ3) is 2.25. The maximum atomic E-state index is 9.25. The summed E-state index contributed by atoms with van der Waals surface area (Å²) >= 11 is 0. The molecule has 0 aromatic carbocycles. The van der Waals surface area contributed by atoms with Gasteiger partial charge in [-0.15, -0.1) is 5.10 Å². The summed E-state index contributed by atoms with van der Waals surface area (Å²) < 4.78 is 7.53. The fourth-order valence-corrected chi connectivity index (χ4v) is 2.10. The Bertz CT molecular complexity index is 343. The van der Waals surface area contributed by atoms with Gasteiger partial charge in [0.15, 0.2) is 0 Å². The minimum absolute atomic E-state index is 0.0622. The van der Waals surface area contributed by atoms with E-state index in [1.807, 2.05) is 4.68 Å². The normalized spacial score (nSPS) is 20.9. The summed E-state index contributed by atoms with van der Waals surface area (Å²) in [6.45, 7) is 5.83. The summed E-state index contributed by atoms with van der Waals surface area (Å²) in [6, 6.07) is 0. The Hall–Kier alpha value is -0.940. The Kier molecular flexibility index (Phi) is 3.56. The van der Waals surface area contributed by atoms with Gasteiger partial charge in [-0.2, -0.15) is 0 Å². The van der Waals surface area contributed by atoms with E-state index in [2.05, 4.69) is 24.2 Å². The molecule has 0 radical (unpaired) electrons. The van der Waals surface area contributed by atoms with Gasteiger partial charge in [0.2, 0.25) is 0 Å². The van der Waals surface area contributed by atoms with Gasteiger partial charge in [0.1, 0.15) is 11.8 Å². The molecule has 5 nitrogen and oxygen atoms in total. The smallest absolute Gasteiger partial charge is 0.114 e. The number of aliphatic hydroxyl groups is 1. The van der Waals surface area contributed by atoms with E-state index in [-0.39, 0.29) is 12.7 Å². The Morgan fingerprint density at radius 3 is 2.94 bits per heavy atom. The van der Waals surface area contributed by atoms with Gasteiger partial charge < -0.3 is 9.84 Å². The molecule has 0 amide bonds. The molecule has 5 heteroatoms. The Labute approximate surface area is 95.4 Å². The molecule has 2 heterocycles. The van der Waals surface area contributed by atoms with Gasteiger partial charge in [-0.3, -0.25) is 0 Å². The van der Waals surface area contributed by atoms with Crippen molar-refractivity contribution in [2.24, 2.45) is 5.92 Å². The zero-order chi connectivity index (χ0) is 11.5. The second kappa shape index (κ2) is 4.93. The van der Waals surface area contributed by atoms with Crippen LogP contribution in [0.15, 0.2) is 0 Å². The Balaban J connectivity index is 2.26. The van der Waals surface area contributed by atoms with Crippen LogP contribution in [-0.2, 0) is 17.9 Å². The van der Waals surface area contributed by atoms with Crippen molar-refractivity contribution >= 4 is 0 Å². The molecule has 0 bridgehead atoms. The first kappa shape index (κ1) is 11.5. The lowest BCUT2D eigenvalue weighted by Crippen LogP contribution is -2.13. The van der Waals surface area contributed by atoms with Gasteiger partial charge in [-0.25, -0.2) is 4.68 Å². The number of aromatic nitrogens is 3. The zero-order valence-corrected chi connectivity index (χ0v) is 9.89. The van der Waals surface area contributed by atoms with Crippen LogP contribution in [0.2, 0.25) is 0 Å². The molecule has 2 rings (SSSR count). The van der Waals surface area contributed by atoms with Crippen LogP contribution in [0.25, 0.3) is 0 Å². The lowest BCUT2D eigenvalue weighted by molar-refractivity contribution is 0.101. The molecule has 16 heavy (non-hydrogen) atoms. The van der Waals surface area contributed by atoms with Gasteiger partial charge in [-0.05, 0) is 18.8 Å². The average Bonchev–Trinajstić information content (AvgIpc) is 2.84. The van der Waals surface area contributed by atoms with Crippen LogP contribution in [0.3, 0.4) is 0 Å². The molecule has 0 spiro atoms. The Morgan fingerprint density at radius 2 is 2.38 bits per heavy atom. The molecule has 90 valence electrons. The second-order valence-electron chi connectivity index (χ2n) is 4.66. The van der Waals surface area contributed by atoms with Gasteiger partial charge in [0.25, 0.3) is 0 Å². The predicted molar refractivity (Wildman–Crippen MR) is 58.7 cm³/mol. The van der Waals surface area contributed by atoms with Crippen molar-refractivity contribution in [1.82, 2.24) is 15.0 Å². The first-order valence-corrected chi connectivity index (χ1v) is 5.87. The third-order valence-electron chi connectivity index (χ3n) is 2.77. The van der Waals surface area contributed by atoms with Crippen molar-refractivity contribution in [1.29, 1.82) is 0 Å². The summed E-state index contributed by atoms with van der Waals surface area (Å²) in [5.74, 6) is 0.508. The van der Waals surface area contributed by atoms with Gasteiger partial charge in [-0.1, -0.05) is 19.1 Å². The number of aliphatic hydroxyl groups excluding tert-OH is 1. The molecule has 1 unspecified atom stereocenters. The number of rotatable bonds is 4. The maximum Gasteiger partial charge on any atom is 0.114 e. The number of hydrogen-bond acceptors (Lipinski definition) is 4.